The summed E-state index contributed by atoms with van der Waals surface area (Å²) in [5.74, 6) is 1.84. The third kappa shape index (κ3) is 2.37. The number of fused-ring (bicyclic) bond motifs is 3. The predicted octanol–water partition coefficient (Wildman–Crippen LogP) is 2.52. The van der Waals surface area contributed by atoms with Gasteiger partial charge >= 0.3 is 0 Å². The molecule has 1 fully saturated rings. The molecule has 0 radical (unpaired) electrons. The second-order valence-electron chi connectivity index (χ2n) is 7.31. The Morgan fingerprint density at radius 2 is 1.92 bits per heavy atom. The zero-order chi connectivity index (χ0) is 16.7. The van der Waals surface area contributed by atoms with E-state index in [1.165, 1.54) is 24.0 Å². The first-order valence-electron chi connectivity index (χ1n) is 9.08. The second-order valence-corrected chi connectivity index (χ2v) is 7.31. The van der Waals surface area contributed by atoms with E-state index in [9.17, 15) is 4.79 Å². The Bertz CT molecular complexity index is 652. The molecule has 1 unspecified atom stereocenters. The van der Waals surface area contributed by atoms with Gasteiger partial charge < -0.3 is 20.1 Å². The Morgan fingerprint density at radius 3 is 2.58 bits per heavy atom. The summed E-state index contributed by atoms with van der Waals surface area (Å²) in [6, 6.07) is 4.36. The first-order chi connectivity index (χ1) is 11.6. The van der Waals surface area contributed by atoms with Crippen molar-refractivity contribution in [1.82, 2.24) is 4.90 Å². The van der Waals surface area contributed by atoms with Gasteiger partial charge in [-0.3, -0.25) is 4.79 Å². The molecular weight excluding hydrogens is 304 g/mol. The Morgan fingerprint density at radius 1 is 1.25 bits per heavy atom. The van der Waals surface area contributed by atoms with Crippen molar-refractivity contribution in [2.24, 2.45) is 5.73 Å². The van der Waals surface area contributed by atoms with Gasteiger partial charge in [0, 0.05) is 24.9 Å². The van der Waals surface area contributed by atoms with Gasteiger partial charge in [0.2, 0.25) is 5.91 Å². The van der Waals surface area contributed by atoms with E-state index < -0.39 is 0 Å². The van der Waals surface area contributed by atoms with Gasteiger partial charge in [-0.1, -0.05) is 12.8 Å². The van der Waals surface area contributed by atoms with Gasteiger partial charge in [0.05, 0.1) is 6.04 Å². The zero-order valence-electron chi connectivity index (χ0n) is 14.3. The SMILES string of the molecule is CC1c2cc3c(cc2C2(CCCC2)CN1C(=O)CCN)OCCO3. The Balaban J connectivity index is 1.81. The molecule has 5 heteroatoms. The number of nitrogens with zero attached hydrogens (tertiary/aromatic N) is 1. The van der Waals surface area contributed by atoms with Crippen molar-refractivity contribution in [1.29, 1.82) is 0 Å². The minimum atomic E-state index is 0.0566. The molecule has 1 aromatic carbocycles. The fourth-order valence-electron chi connectivity index (χ4n) is 4.68. The lowest BCUT2D eigenvalue weighted by molar-refractivity contribution is -0.135. The van der Waals surface area contributed by atoms with E-state index in [-0.39, 0.29) is 17.4 Å². The highest BCUT2D eigenvalue weighted by molar-refractivity contribution is 5.78. The smallest absolute Gasteiger partial charge is 0.224 e. The van der Waals surface area contributed by atoms with Crippen LogP contribution >= 0.6 is 0 Å². The lowest BCUT2D eigenvalue weighted by atomic mass is 9.71. The van der Waals surface area contributed by atoms with Crippen molar-refractivity contribution in [3.05, 3.63) is 23.3 Å². The Labute approximate surface area is 143 Å². The number of carbonyl (C=O) groups is 1. The molecule has 2 N–H and O–H groups in total. The summed E-state index contributed by atoms with van der Waals surface area (Å²) in [4.78, 5) is 14.7. The van der Waals surface area contributed by atoms with E-state index in [0.29, 0.717) is 26.2 Å². The van der Waals surface area contributed by atoms with E-state index in [4.69, 9.17) is 15.2 Å². The minimum absolute atomic E-state index is 0.0566. The average Bonchev–Trinajstić information content (AvgIpc) is 3.06. The van der Waals surface area contributed by atoms with Crippen molar-refractivity contribution < 1.29 is 14.3 Å². The molecule has 1 aliphatic carbocycles. The molecule has 1 atom stereocenters. The van der Waals surface area contributed by atoms with Crippen LogP contribution in [0.1, 0.15) is 56.2 Å². The van der Waals surface area contributed by atoms with Crippen molar-refractivity contribution in [3.8, 4) is 11.5 Å². The van der Waals surface area contributed by atoms with Crippen molar-refractivity contribution in [3.63, 3.8) is 0 Å². The van der Waals surface area contributed by atoms with Crippen LogP contribution in [0.3, 0.4) is 0 Å². The summed E-state index contributed by atoms with van der Waals surface area (Å²) in [5.41, 5.74) is 8.29. The largest absolute Gasteiger partial charge is 0.486 e. The zero-order valence-corrected chi connectivity index (χ0v) is 14.3. The van der Waals surface area contributed by atoms with Gasteiger partial charge in [-0.25, -0.2) is 0 Å². The van der Waals surface area contributed by atoms with Crippen LogP contribution in [-0.4, -0.2) is 37.1 Å². The highest BCUT2D eigenvalue weighted by atomic mass is 16.6. The molecule has 1 amide bonds. The number of benzene rings is 1. The van der Waals surface area contributed by atoms with E-state index in [1.807, 2.05) is 4.90 Å². The molecule has 1 saturated carbocycles. The van der Waals surface area contributed by atoms with Gasteiger partial charge in [0.15, 0.2) is 11.5 Å². The number of hydrogen-bond acceptors (Lipinski definition) is 4. The van der Waals surface area contributed by atoms with Crippen LogP contribution in [0.15, 0.2) is 12.1 Å². The molecule has 4 rings (SSSR count). The maximum Gasteiger partial charge on any atom is 0.224 e. The first-order valence-corrected chi connectivity index (χ1v) is 9.08. The molecule has 24 heavy (non-hydrogen) atoms. The highest BCUT2D eigenvalue weighted by Crippen LogP contribution is 2.51. The highest BCUT2D eigenvalue weighted by Gasteiger charge is 2.46. The number of rotatable bonds is 2. The maximum atomic E-state index is 12.6. The summed E-state index contributed by atoms with van der Waals surface area (Å²) in [6.45, 7) is 4.52. The topological polar surface area (TPSA) is 64.8 Å². The molecular formula is C19H26N2O3. The number of carbonyl (C=O) groups excluding carboxylic acids is 1. The van der Waals surface area contributed by atoms with Gasteiger partial charge in [-0.05, 0) is 43.0 Å². The molecule has 3 aliphatic rings. The summed E-state index contributed by atoms with van der Waals surface area (Å²) in [5, 5.41) is 0. The van der Waals surface area contributed by atoms with Crippen LogP contribution in [0.4, 0.5) is 0 Å². The van der Waals surface area contributed by atoms with E-state index in [2.05, 4.69) is 19.1 Å². The van der Waals surface area contributed by atoms with E-state index in [1.54, 1.807) is 0 Å². The molecule has 5 nitrogen and oxygen atoms in total. The van der Waals surface area contributed by atoms with Crippen LogP contribution in [0, 0.1) is 0 Å². The number of nitrogens with two attached hydrogens (primary N) is 1. The molecule has 2 heterocycles. The summed E-state index contributed by atoms with van der Waals surface area (Å²) < 4.78 is 11.6. The van der Waals surface area contributed by atoms with Crippen LogP contribution in [0.2, 0.25) is 0 Å². The molecule has 0 saturated heterocycles. The van der Waals surface area contributed by atoms with Crippen molar-refractivity contribution in [2.45, 2.75) is 50.5 Å². The van der Waals surface area contributed by atoms with E-state index >= 15 is 0 Å². The van der Waals surface area contributed by atoms with Crippen LogP contribution < -0.4 is 15.2 Å². The number of ether oxygens (including phenoxy) is 2. The Hall–Kier alpha value is -1.75. The molecule has 1 aromatic rings. The average molecular weight is 330 g/mol. The van der Waals surface area contributed by atoms with Gasteiger partial charge in [-0.2, -0.15) is 0 Å². The molecule has 0 aromatic heterocycles. The van der Waals surface area contributed by atoms with Gasteiger partial charge in [-0.15, -0.1) is 0 Å². The molecule has 0 bridgehead atoms. The summed E-state index contributed by atoms with van der Waals surface area (Å²) in [6.07, 6.45) is 5.14. The van der Waals surface area contributed by atoms with Crippen molar-refractivity contribution >= 4 is 5.91 Å². The van der Waals surface area contributed by atoms with Crippen molar-refractivity contribution in [2.75, 3.05) is 26.3 Å². The summed E-state index contributed by atoms with van der Waals surface area (Å²) >= 11 is 0. The third-order valence-corrected chi connectivity index (χ3v) is 5.92. The third-order valence-electron chi connectivity index (χ3n) is 5.92. The molecule has 130 valence electrons. The van der Waals surface area contributed by atoms with Crippen LogP contribution in [0.5, 0.6) is 11.5 Å². The standard InChI is InChI=1S/C19H26N2O3/c1-13-14-10-16-17(24-9-8-23-16)11-15(14)19(5-2-3-6-19)12-21(13)18(22)4-7-20/h10-11,13H,2-9,12,20H2,1H3. The fraction of sp³-hybridized carbons (Fsp3) is 0.632. The van der Waals surface area contributed by atoms with E-state index in [0.717, 1.165) is 30.9 Å². The lowest BCUT2D eigenvalue weighted by Crippen LogP contribution is -2.49. The fourth-order valence-corrected chi connectivity index (χ4v) is 4.68. The van der Waals surface area contributed by atoms with Crippen LogP contribution in [-0.2, 0) is 10.2 Å². The maximum absolute atomic E-state index is 12.6. The molecule has 2 aliphatic heterocycles. The predicted molar refractivity (Wildman–Crippen MR) is 91.4 cm³/mol. The first kappa shape index (κ1) is 15.8. The molecule has 1 spiro atoms. The van der Waals surface area contributed by atoms with Gasteiger partial charge in [0.1, 0.15) is 13.2 Å². The Kier molecular flexibility index (Phi) is 3.91. The number of amides is 1. The second kappa shape index (κ2) is 5.96. The quantitative estimate of drug-likeness (QED) is 0.905. The summed E-state index contributed by atoms with van der Waals surface area (Å²) in [7, 11) is 0. The lowest BCUT2D eigenvalue weighted by Gasteiger charge is -2.46. The van der Waals surface area contributed by atoms with Gasteiger partial charge in [0.25, 0.3) is 0 Å². The van der Waals surface area contributed by atoms with Crippen LogP contribution in [0.25, 0.3) is 0 Å². The monoisotopic (exact) mass is 330 g/mol. The minimum Gasteiger partial charge on any atom is -0.486 e. The normalized spacial score (nSPS) is 24.1. The number of hydrogen-bond donors (Lipinski definition) is 1.